The minimum atomic E-state index is -0.189. The Kier molecular flexibility index (Phi) is 3.69. The van der Waals surface area contributed by atoms with Crippen LogP contribution in [0.2, 0.25) is 5.15 Å². The molecule has 1 aromatic carbocycles. The second-order valence-electron chi connectivity index (χ2n) is 3.85. The lowest BCUT2D eigenvalue weighted by atomic mass is 10.1. The molecule has 0 spiro atoms. The minimum absolute atomic E-state index is 0.189. The number of nitrogens with zero attached hydrogens (tertiary/aromatic N) is 2. The van der Waals surface area contributed by atoms with E-state index in [4.69, 9.17) is 11.6 Å². The van der Waals surface area contributed by atoms with E-state index in [0.717, 1.165) is 5.56 Å². The van der Waals surface area contributed by atoms with Crippen LogP contribution in [0.1, 0.15) is 17.0 Å². The number of hydrogen-bond acceptors (Lipinski definition) is 2. The Morgan fingerprint density at radius 3 is 2.71 bits per heavy atom. The maximum Gasteiger partial charge on any atom is 0.135 e. The Hall–Kier alpha value is -1.48. The van der Waals surface area contributed by atoms with Gasteiger partial charge in [0.2, 0.25) is 0 Å². The molecule has 0 aliphatic heterocycles. The maximum atomic E-state index is 13.4. The summed E-state index contributed by atoms with van der Waals surface area (Å²) in [6.07, 6.45) is 2.85. The molecular weight excluding hydrogens is 239 g/mol. The lowest BCUT2D eigenvalue weighted by Crippen LogP contribution is -2.00. The van der Waals surface area contributed by atoms with E-state index in [2.05, 4.69) is 9.97 Å². The summed E-state index contributed by atoms with van der Waals surface area (Å²) in [5, 5.41) is 0.462. The zero-order chi connectivity index (χ0) is 12.3. The second-order valence-corrected chi connectivity index (χ2v) is 4.21. The van der Waals surface area contributed by atoms with Crippen LogP contribution in [0.25, 0.3) is 0 Å². The zero-order valence-corrected chi connectivity index (χ0v) is 10.2. The molecule has 1 aromatic heterocycles. The molecule has 0 aliphatic carbocycles. The first-order valence-corrected chi connectivity index (χ1v) is 5.76. The van der Waals surface area contributed by atoms with Crippen LogP contribution in [0.5, 0.6) is 0 Å². The summed E-state index contributed by atoms with van der Waals surface area (Å²) in [5.74, 6) is 0.453. The predicted octanol–water partition coefficient (Wildman–Crippen LogP) is 3.36. The van der Waals surface area contributed by atoms with Crippen molar-refractivity contribution in [2.75, 3.05) is 0 Å². The van der Waals surface area contributed by atoms with Crippen molar-refractivity contribution in [3.63, 3.8) is 0 Å². The Morgan fingerprint density at radius 1 is 1.24 bits per heavy atom. The smallest absolute Gasteiger partial charge is 0.135 e. The van der Waals surface area contributed by atoms with Crippen LogP contribution in [0, 0.1) is 12.7 Å². The third kappa shape index (κ3) is 3.01. The average Bonchev–Trinajstić information content (AvgIpc) is 2.32. The molecule has 0 N–H and O–H groups in total. The predicted molar refractivity (Wildman–Crippen MR) is 65.6 cm³/mol. The van der Waals surface area contributed by atoms with Crippen molar-refractivity contribution < 1.29 is 4.39 Å². The van der Waals surface area contributed by atoms with Crippen molar-refractivity contribution in [1.29, 1.82) is 0 Å². The van der Waals surface area contributed by atoms with Crippen LogP contribution in [-0.2, 0) is 12.8 Å². The maximum absolute atomic E-state index is 13.4. The Morgan fingerprint density at radius 2 is 2.00 bits per heavy atom. The number of aromatic nitrogens is 2. The molecule has 2 nitrogen and oxygen atoms in total. The minimum Gasteiger partial charge on any atom is -0.241 e. The van der Waals surface area contributed by atoms with Crippen LogP contribution >= 0.6 is 11.6 Å². The third-order valence-electron chi connectivity index (χ3n) is 2.54. The van der Waals surface area contributed by atoms with Gasteiger partial charge >= 0.3 is 0 Å². The van der Waals surface area contributed by atoms with Crippen LogP contribution in [0.4, 0.5) is 4.39 Å². The van der Waals surface area contributed by atoms with Gasteiger partial charge in [-0.3, -0.25) is 0 Å². The van der Waals surface area contributed by atoms with Crippen LogP contribution in [0.3, 0.4) is 0 Å². The molecule has 0 atom stereocenters. The van der Waals surface area contributed by atoms with Crippen molar-refractivity contribution in [3.05, 3.63) is 58.4 Å². The van der Waals surface area contributed by atoms with Crippen molar-refractivity contribution in [3.8, 4) is 0 Å². The van der Waals surface area contributed by atoms with E-state index < -0.39 is 0 Å². The summed E-state index contributed by atoms with van der Waals surface area (Å²) >= 11 is 5.90. The van der Waals surface area contributed by atoms with Gasteiger partial charge in [-0.25, -0.2) is 14.4 Å². The molecule has 2 rings (SSSR count). The Balaban J connectivity index is 2.08. The van der Waals surface area contributed by atoms with Crippen molar-refractivity contribution in [2.24, 2.45) is 0 Å². The van der Waals surface area contributed by atoms with E-state index in [1.807, 2.05) is 13.0 Å². The molecule has 4 heteroatoms. The molecule has 0 amide bonds. The van der Waals surface area contributed by atoms with Crippen LogP contribution < -0.4 is 0 Å². The summed E-state index contributed by atoms with van der Waals surface area (Å²) in [7, 11) is 0. The highest BCUT2D eigenvalue weighted by molar-refractivity contribution is 6.30. The van der Waals surface area contributed by atoms with Gasteiger partial charge in [-0.2, -0.15) is 0 Å². The highest BCUT2D eigenvalue weighted by atomic mass is 35.5. The van der Waals surface area contributed by atoms with Gasteiger partial charge in [0.25, 0.3) is 0 Å². The van der Waals surface area contributed by atoms with Gasteiger partial charge < -0.3 is 0 Å². The number of hydrogen-bond donors (Lipinski definition) is 0. The van der Waals surface area contributed by atoms with Crippen LogP contribution in [-0.4, -0.2) is 9.97 Å². The first kappa shape index (κ1) is 12.0. The fraction of sp³-hybridized carbons (Fsp3) is 0.231. The lowest BCUT2D eigenvalue weighted by molar-refractivity contribution is 0.607. The molecule has 17 heavy (non-hydrogen) atoms. The fourth-order valence-corrected chi connectivity index (χ4v) is 1.67. The fourth-order valence-electron chi connectivity index (χ4n) is 1.52. The summed E-state index contributed by atoms with van der Waals surface area (Å²) in [6, 6.07) is 6.73. The summed E-state index contributed by atoms with van der Waals surface area (Å²) in [5.41, 5.74) is 1.52. The summed E-state index contributed by atoms with van der Waals surface area (Å²) < 4.78 is 13.4. The molecule has 0 bridgehead atoms. The van der Waals surface area contributed by atoms with E-state index in [0.29, 0.717) is 29.4 Å². The zero-order valence-electron chi connectivity index (χ0n) is 9.45. The number of aryl methyl sites for hydroxylation is 3. The van der Waals surface area contributed by atoms with Gasteiger partial charge in [0.1, 0.15) is 16.8 Å². The molecule has 0 saturated carbocycles. The molecule has 0 fully saturated rings. The first-order valence-electron chi connectivity index (χ1n) is 5.38. The van der Waals surface area contributed by atoms with Gasteiger partial charge in [0.05, 0.1) is 0 Å². The summed E-state index contributed by atoms with van der Waals surface area (Å²) in [4.78, 5) is 8.32. The topological polar surface area (TPSA) is 25.8 Å². The molecule has 0 radical (unpaired) electrons. The Labute approximate surface area is 104 Å². The average molecular weight is 251 g/mol. The van der Waals surface area contributed by atoms with Gasteiger partial charge in [-0.1, -0.05) is 29.8 Å². The lowest BCUT2D eigenvalue weighted by Gasteiger charge is -2.03. The normalized spacial score (nSPS) is 10.5. The molecule has 0 saturated heterocycles. The van der Waals surface area contributed by atoms with Gasteiger partial charge in [-0.05, 0) is 25.0 Å². The summed E-state index contributed by atoms with van der Waals surface area (Å²) in [6.45, 7) is 1.85. The molecule has 1 heterocycles. The largest absolute Gasteiger partial charge is 0.241 e. The highest BCUT2D eigenvalue weighted by Gasteiger charge is 2.04. The number of rotatable bonds is 3. The van der Waals surface area contributed by atoms with E-state index in [-0.39, 0.29) is 5.82 Å². The molecule has 2 aromatic rings. The quantitative estimate of drug-likeness (QED) is 0.781. The van der Waals surface area contributed by atoms with Gasteiger partial charge in [0.15, 0.2) is 0 Å². The molecule has 0 unspecified atom stereocenters. The van der Waals surface area contributed by atoms with Crippen molar-refractivity contribution in [1.82, 2.24) is 9.97 Å². The van der Waals surface area contributed by atoms with Gasteiger partial charge in [-0.15, -0.1) is 0 Å². The van der Waals surface area contributed by atoms with Gasteiger partial charge in [0, 0.05) is 18.2 Å². The van der Waals surface area contributed by atoms with Crippen molar-refractivity contribution in [2.45, 2.75) is 19.8 Å². The van der Waals surface area contributed by atoms with E-state index in [9.17, 15) is 4.39 Å². The highest BCUT2D eigenvalue weighted by Crippen LogP contribution is 2.13. The third-order valence-corrected chi connectivity index (χ3v) is 2.92. The van der Waals surface area contributed by atoms with E-state index in [1.54, 1.807) is 18.3 Å². The SMILES string of the molecule is Cc1cnc(CCc2ccccc2F)nc1Cl. The van der Waals surface area contributed by atoms with E-state index >= 15 is 0 Å². The van der Waals surface area contributed by atoms with E-state index in [1.165, 1.54) is 6.07 Å². The van der Waals surface area contributed by atoms with Crippen LogP contribution in [0.15, 0.2) is 30.5 Å². The Bertz CT molecular complexity index is 529. The number of benzene rings is 1. The monoisotopic (exact) mass is 250 g/mol. The number of halogens is 2. The molecule has 88 valence electrons. The molecule has 0 aliphatic rings. The van der Waals surface area contributed by atoms with Crippen molar-refractivity contribution >= 4 is 11.6 Å². The first-order chi connectivity index (χ1) is 8.16. The molecular formula is C13H12ClFN2. The standard InChI is InChI=1S/C13H12ClFN2/c1-9-8-16-12(17-13(9)14)7-6-10-4-2-3-5-11(10)15/h2-5,8H,6-7H2,1H3. The second kappa shape index (κ2) is 5.23.